The number of thiazole rings is 1. The van der Waals surface area contributed by atoms with Crippen molar-refractivity contribution in [3.8, 4) is 0 Å². The molecule has 0 aliphatic heterocycles. The summed E-state index contributed by atoms with van der Waals surface area (Å²) in [5, 5.41) is 10.9. The molecule has 144 valence electrons. The molecule has 0 saturated heterocycles. The van der Waals surface area contributed by atoms with Gasteiger partial charge in [0, 0.05) is 37.3 Å². The van der Waals surface area contributed by atoms with Gasteiger partial charge >= 0.3 is 0 Å². The molecular formula is C17H32IN5S2. The average molecular weight is 498 g/mol. The van der Waals surface area contributed by atoms with E-state index < -0.39 is 0 Å². The van der Waals surface area contributed by atoms with Gasteiger partial charge in [-0.15, -0.1) is 35.3 Å². The third kappa shape index (κ3) is 7.90. The maximum absolute atomic E-state index is 4.73. The van der Waals surface area contributed by atoms with E-state index in [4.69, 9.17) is 4.99 Å². The smallest absolute Gasteiger partial charge is 0.191 e. The van der Waals surface area contributed by atoms with E-state index in [2.05, 4.69) is 46.6 Å². The Balaban J connectivity index is 0.00000312. The number of rotatable bonds is 7. The van der Waals surface area contributed by atoms with Crippen LogP contribution in [0.3, 0.4) is 0 Å². The van der Waals surface area contributed by atoms with E-state index in [0.717, 1.165) is 28.6 Å². The second-order valence-electron chi connectivity index (χ2n) is 6.30. The Morgan fingerprint density at radius 1 is 1.40 bits per heavy atom. The molecule has 1 aliphatic carbocycles. The fourth-order valence-corrected chi connectivity index (χ4v) is 4.83. The maximum Gasteiger partial charge on any atom is 0.191 e. The molecule has 2 N–H and O–H groups in total. The molecule has 2 unspecified atom stereocenters. The van der Waals surface area contributed by atoms with Crippen LogP contribution in [0.25, 0.3) is 0 Å². The monoisotopic (exact) mass is 497 g/mol. The van der Waals surface area contributed by atoms with Crippen LogP contribution in [0.4, 0.5) is 5.13 Å². The van der Waals surface area contributed by atoms with Crippen LogP contribution in [0.1, 0.15) is 45.2 Å². The highest BCUT2D eigenvalue weighted by Crippen LogP contribution is 2.28. The number of halogens is 1. The van der Waals surface area contributed by atoms with Crippen LogP contribution in [0.2, 0.25) is 0 Å². The molecule has 0 bridgehead atoms. The summed E-state index contributed by atoms with van der Waals surface area (Å²) < 4.78 is 0. The Hall–Kier alpha value is -0.220. The first-order chi connectivity index (χ1) is 11.6. The summed E-state index contributed by atoms with van der Waals surface area (Å²) >= 11 is 3.76. The second kappa shape index (κ2) is 12.2. The van der Waals surface area contributed by atoms with Gasteiger partial charge in [0.2, 0.25) is 0 Å². The van der Waals surface area contributed by atoms with Gasteiger partial charge in [0.05, 0.1) is 12.2 Å². The van der Waals surface area contributed by atoms with Gasteiger partial charge in [-0.25, -0.2) is 9.98 Å². The molecule has 1 heterocycles. The van der Waals surface area contributed by atoms with Crippen molar-refractivity contribution < 1.29 is 0 Å². The number of aliphatic imine (C=N–C) groups is 1. The zero-order valence-electron chi connectivity index (χ0n) is 15.7. The zero-order chi connectivity index (χ0) is 17.4. The third-order valence-electron chi connectivity index (χ3n) is 4.03. The number of nitrogens with zero attached hydrogens (tertiary/aromatic N) is 3. The summed E-state index contributed by atoms with van der Waals surface area (Å²) in [4.78, 5) is 11.4. The molecule has 8 heteroatoms. The number of anilines is 1. The van der Waals surface area contributed by atoms with Crippen molar-refractivity contribution in [3.63, 3.8) is 0 Å². The fraction of sp³-hybridized carbons (Fsp3) is 0.765. The first-order valence-corrected chi connectivity index (χ1v) is 10.8. The number of aromatic nitrogens is 1. The molecule has 2 rings (SSSR count). The minimum absolute atomic E-state index is 0. The van der Waals surface area contributed by atoms with Crippen LogP contribution in [0.15, 0.2) is 10.4 Å². The number of nitrogens with one attached hydrogen (secondary N) is 2. The van der Waals surface area contributed by atoms with E-state index in [1.807, 2.05) is 19.0 Å². The molecule has 1 aromatic heterocycles. The molecule has 0 radical (unpaired) electrons. The van der Waals surface area contributed by atoms with Crippen LogP contribution < -0.4 is 15.5 Å². The second-order valence-corrected chi connectivity index (χ2v) is 8.71. The third-order valence-corrected chi connectivity index (χ3v) is 6.32. The lowest BCUT2D eigenvalue weighted by atomic mass is 9.95. The summed E-state index contributed by atoms with van der Waals surface area (Å²) in [7, 11) is 4.04. The van der Waals surface area contributed by atoms with Crippen molar-refractivity contribution in [3.05, 3.63) is 11.1 Å². The number of guanidine groups is 1. The molecule has 0 aromatic carbocycles. The summed E-state index contributed by atoms with van der Waals surface area (Å²) in [5.41, 5.74) is 1.03. The lowest BCUT2D eigenvalue weighted by molar-refractivity contribution is 0.419. The number of hydrogen-bond donors (Lipinski definition) is 2. The lowest BCUT2D eigenvalue weighted by Gasteiger charge is -2.30. The standard InChI is InChI=1S/C17H31N5S2.HI/c1-5-18-16(19-11-14-12-24-17(21-14)22(3)4)20-13-8-7-9-15(10-13)23-6-2;/h12-13,15H,5-11H2,1-4H3,(H2,18,19,20);1H. The van der Waals surface area contributed by atoms with E-state index in [1.54, 1.807) is 11.3 Å². The highest BCUT2D eigenvalue weighted by atomic mass is 127. The Morgan fingerprint density at radius 2 is 2.20 bits per heavy atom. The normalized spacial score (nSPS) is 20.7. The van der Waals surface area contributed by atoms with Crippen LogP contribution in [0.5, 0.6) is 0 Å². The Kier molecular flexibility index (Phi) is 11.2. The van der Waals surface area contributed by atoms with Crippen molar-refractivity contribution in [1.82, 2.24) is 15.6 Å². The van der Waals surface area contributed by atoms with Gasteiger partial charge in [-0.1, -0.05) is 13.3 Å². The molecular weight excluding hydrogens is 465 g/mol. The predicted octanol–water partition coefficient (Wildman–Crippen LogP) is 3.95. The van der Waals surface area contributed by atoms with Gasteiger partial charge in [-0.05, 0) is 31.9 Å². The molecule has 2 atom stereocenters. The van der Waals surface area contributed by atoms with Crippen molar-refractivity contribution in [2.75, 3.05) is 31.3 Å². The lowest BCUT2D eigenvalue weighted by Crippen LogP contribution is -2.45. The average Bonchev–Trinajstić information content (AvgIpc) is 3.03. The van der Waals surface area contributed by atoms with Crippen LogP contribution in [0, 0.1) is 0 Å². The highest BCUT2D eigenvalue weighted by molar-refractivity contribution is 14.0. The molecule has 5 nitrogen and oxygen atoms in total. The van der Waals surface area contributed by atoms with Gasteiger partial charge in [-0.2, -0.15) is 11.8 Å². The summed E-state index contributed by atoms with van der Waals surface area (Å²) in [6.07, 6.45) is 5.15. The highest BCUT2D eigenvalue weighted by Gasteiger charge is 2.22. The number of hydrogen-bond acceptors (Lipinski definition) is 5. The van der Waals surface area contributed by atoms with Gasteiger partial charge in [0.15, 0.2) is 11.1 Å². The SMILES string of the molecule is CCNC(=NCc1csc(N(C)C)n1)NC1CCCC(SCC)C1.I. The molecule has 1 fully saturated rings. The van der Waals surface area contributed by atoms with Crippen molar-refractivity contribution >= 4 is 58.2 Å². The van der Waals surface area contributed by atoms with Gasteiger partial charge in [0.1, 0.15) is 0 Å². The molecule has 1 aliphatic rings. The van der Waals surface area contributed by atoms with E-state index >= 15 is 0 Å². The number of thioether (sulfide) groups is 1. The quantitative estimate of drug-likeness (QED) is 0.340. The predicted molar refractivity (Wildman–Crippen MR) is 124 cm³/mol. The van der Waals surface area contributed by atoms with Gasteiger partial charge < -0.3 is 15.5 Å². The van der Waals surface area contributed by atoms with Gasteiger partial charge in [-0.3, -0.25) is 0 Å². The van der Waals surface area contributed by atoms with E-state index in [9.17, 15) is 0 Å². The Labute approximate surface area is 177 Å². The first kappa shape index (κ1) is 22.8. The molecule has 0 spiro atoms. The maximum atomic E-state index is 4.73. The Bertz CT molecular complexity index is 519. The van der Waals surface area contributed by atoms with Crippen LogP contribution >= 0.6 is 47.1 Å². The molecule has 1 saturated carbocycles. The van der Waals surface area contributed by atoms with E-state index in [0.29, 0.717) is 12.6 Å². The first-order valence-electron chi connectivity index (χ1n) is 8.90. The molecule has 25 heavy (non-hydrogen) atoms. The zero-order valence-corrected chi connectivity index (χ0v) is 19.7. The van der Waals surface area contributed by atoms with Crippen molar-refractivity contribution in [2.45, 2.75) is 57.4 Å². The summed E-state index contributed by atoms with van der Waals surface area (Å²) in [6.45, 7) is 5.87. The van der Waals surface area contributed by atoms with Crippen molar-refractivity contribution in [1.29, 1.82) is 0 Å². The minimum atomic E-state index is 0. The molecule has 0 amide bonds. The van der Waals surface area contributed by atoms with Crippen LogP contribution in [-0.4, -0.2) is 48.6 Å². The summed E-state index contributed by atoms with van der Waals surface area (Å²) in [5.74, 6) is 2.13. The largest absolute Gasteiger partial charge is 0.357 e. The minimum Gasteiger partial charge on any atom is -0.357 e. The molecule has 1 aromatic rings. The van der Waals surface area contributed by atoms with E-state index in [-0.39, 0.29) is 24.0 Å². The fourth-order valence-electron chi connectivity index (χ4n) is 2.91. The summed E-state index contributed by atoms with van der Waals surface area (Å²) in [6, 6.07) is 0.536. The Morgan fingerprint density at radius 3 is 2.84 bits per heavy atom. The van der Waals surface area contributed by atoms with Crippen LogP contribution in [-0.2, 0) is 6.54 Å². The topological polar surface area (TPSA) is 52.6 Å². The van der Waals surface area contributed by atoms with E-state index in [1.165, 1.54) is 31.4 Å². The van der Waals surface area contributed by atoms with Gasteiger partial charge in [0.25, 0.3) is 0 Å². The van der Waals surface area contributed by atoms with Crippen molar-refractivity contribution in [2.24, 2.45) is 4.99 Å².